The third-order valence-electron chi connectivity index (χ3n) is 3.05. The summed E-state index contributed by atoms with van der Waals surface area (Å²) in [6, 6.07) is 0.627. The van der Waals surface area contributed by atoms with Crippen molar-refractivity contribution in [3.63, 3.8) is 0 Å². The number of rotatable bonds is 3. The summed E-state index contributed by atoms with van der Waals surface area (Å²) in [5.74, 6) is 0.911. The second-order valence-electron chi connectivity index (χ2n) is 4.03. The van der Waals surface area contributed by atoms with Crippen molar-refractivity contribution in [2.45, 2.75) is 45.1 Å². The van der Waals surface area contributed by atoms with E-state index in [-0.39, 0.29) is 0 Å². The summed E-state index contributed by atoms with van der Waals surface area (Å²) in [7, 11) is 0. The molecule has 1 heterocycles. The molecule has 0 saturated heterocycles. The van der Waals surface area contributed by atoms with E-state index in [1.165, 1.54) is 43.6 Å². The van der Waals surface area contributed by atoms with Gasteiger partial charge in [0.25, 0.3) is 0 Å². The number of aromatic nitrogens is 2. The zero-order chi connectivity index (χ0) is 9.80. The average molecular weight is 211 g/mol. The predicted octanol–water partition coefficient (Wildman–Crippen LogP) is 2.92. The molecular weight excluding hydrogens is 194 g/mol. The maximum atomic E-state index is 4.16. The molecule has 3 nitrogen and oxygen atoms in total. The molecule has 78 valence electrons. The molecule has 4 heteroatoms. The highest BCUT2D eigenvalue weighted by Gasteiger charge is 2.20. The van der Waals surface area contributed by atoms with Crippen LogP contribution in [-0.4, -0.2) is 15.4 Å². The Hall–Kier alpha value is -0.640. The van der Waals surface area contributed by atoms with E-state index in [2.05, 4.69) is 21.6 Å². The van der Waals surface area contributed by atoms with Gasteiger partial charge < -0.3 is 5.32 Å². The van der Waals surface area contributed by atoms with Gasteiger partial charge in [0.15, 0.2) is 0 Å². The Balaban J connectivity index is 1.86. The van der Waals surface area contributed by atoms with Gasteiger partial charge in [-0.05, 0) is 18.8 Å². The Morgan fingerprint density at radius 2 is 2.50 bits per heavy atom. The fourth-order valence-electron chi connectivity index (χ4n) is 2.20. The second kappa shape index (κ2) is 4.73. The first-order valence-corrected chi connectivity index (χ1v) is 6.19. The molecule has 2 rings (SSSR count). The first-order chi connectivity index (χ1) is 6.88. The summed E-state index contributed by atoms with van der Waals surface area (Å²) in [5, 5.41) is 4.45. The highest BCUT2D eigenvalue weighted by atomic mass is 32.1. The van der Waals surface area contributed by atoms with Crippen LogP contribution in [0, 0.1) is 5.92 Å². The summed E-state index contributed by atoms with van der Waals surface area (Å²) >= 11 is 1.45. The summed E-state index contributed by atoms with van der Waals surface area (Å²) in [5.41, 5.74) is 0. The molecule has 2 unspecified atom stereocenters. The molecule has 0 aliphatic heterocycles. The van der Waals surface area contributed by atoms with Crippen molar-refractivity contribution in [2.24, 2.45) is 5.92 Å². The van der Waals surface area contributed by atoms with Crippen LogP contribution in [-0.2, 0) is 0 Å². The fraction of sp³-hybridized carbons (Fsp3) is 0.800. The van der Waals surface area contributed by atoms with E-state index in [1.54, 1.807) is 6.33 Å². The van der Waals surface area contributed by atoms with Crippen LogP contribution in [0.5, 0.6) is 0 Å². The molecule has 0 bridgehead atoms. The average Bonchev–Trinajstić information content (AvgIpc) is 2.71. The first kappa shape index (κ1) is 9.90. The number of hydrogen-bond donors (Lipinski definition) is 1. The smallest absolute Gasteiger partial charge is 0.202 e. The Labute approximate surface area is 89.1 Å². The molecule has 1 saturated carbocycles. The number of nitrogens with zero attached hydrogens (tertiary/aromatic N) is 2. The van der Waals surface area contributed by atoms with Crippen LogP contribution in [0.25, 0.3) is 0 Å². The zero-order valence-electron chi connectivity index (χ0n) is 8.57. The summed E-state index contributed by atoms with van der Waals surface area (Å²) in [6.45, 7) is 2.29. The van der Waals surface area contributed by atoms with Gasteiger partial charge in [0.2, 0.25) is 5.13 Å². The van der Waals surface area contributed by atoms with Crippen molar-refractivity contribution in [1.29, 1.82) is 0 Å². The van der Waals surface area contributed by atoms with E-state index in [9.17, 15) is 0 Å². The van der Waals surface area contributed by atoms with Crippen molar-refractivity contribution < 1.29 is 0 Å². The first-order valence-electron chi connectivity index (χ1n) is 5.41. The van der Waals surface area contributed by atoms with E-state index in [0.717, 1.165) is 11.0 Å². The van der Waals surface area contributed by atoms with Crippen LogP contribution in [0.2, 0.25) is 0 Å². The van der Waals surface area contributed by atoms with Gasteiger partial charge in [-0.3, -0.25) is 0 Å². The molecule has 1 fully saturated rings. The molecule has 0 radical (unpaired) electrons. The van der Waals surface area contributed by atoms with Crippen LogP contribution in [0.4, 0.5) is 5.13 Å². The van der Waals surface area contributed by atoms with E-state index >= 15 is 0 Å². The third kappa shape index (κ3) is 2.44. The highest BCUT2D eigenvalue weighted by molar-refractivity contribution is 7.09. The molecule has 1 aliphatic carbocycles. The third-order valence-corrected chi connectivity index (χ3v) is 3.64. The van der Waals surface area contributed by atoms with Gasteiger partial charge in [-0.15, -0.1) is 0 Å². The lowest BCUT2D eigenvalue weighted by atomic mass is 9.84. The monoisotopic (exact) mass is 211 g/mol. The normalized spacial score (nSPS) is 27.5. The van der Waals surface area contributed by atoms with Gasteiger partial charge in [-0.25, -0.2) is 4.98 Å². The molecule has 0 amide bonds. The summed E-state index contributed by atoms with van der Waals surface area (Å²) in [4.78, 5) is 4.16. The minimum absolute atomic E-state index is 0.627. The summed E-state index contributed by atoms with van der Waals surface area (Å²) < 4.78 is 3.99. The number of hydrogen-bond acceptors (Lipinski definition) is 4. The highest BCUT2D eigenvalue weighted by Crippen LogP contribution is 2.28. The van der Waals surface area contributed by atoms with Gasteiger partial charge in [0, 0.05) is 17.6 Å². The lowest BCUT2D eigenvalue weighted by molar-refractivity contribution is 0.327. The van der Waals surface area contributed by atoms with E-state index in [0.29, 0.717) is 6.04 Å². The molecule has 2 atom stereocenters. The van der Waals surface area contributed by atoms with E-state index in [1.807, 2.05) is 0 Å². The van der Waals surface area contributed by atoms with Gasteiger partial charge in [-0.2, -0.15) is 4.37 Å². The molecular formula is C10H17N3S. The molecule has 0 aromatic carbocycles. The van der Waals surface area contributed by atoms with Crippen molar-refractivity contribution in [2.75, 3.05) is 5.32 Å². The topological polar surface area (TPSA) is 37.8 Å². The van der Waals surface area contributed by atoms with E-state index < -0.39 is 0 Å². The number of nitrogens with one attached hydrogen (secondary N) is 1. The molecule has 1 aromatic rings. The maximum absolute atomic E-state index is 4.16. The minimum Gasteiger partial charge on any atom is -0.358 e. The second-order valence-corrected chi connectivity index (χ2v) is 4.81. The van der Waals surface area contributed by atoms with Crippen molar-refractivity contribution in [1.82, 2.24) is 9.36 Å². The molecule has 14 heavy (non-hydrogen) atoms. The molecule has 0 spiro atoms. The van der Waals surface area contributed by atoms with Crippen molar-refractivity contribution >= 4 is 16.7 Å². The molecule has 1 aromatic heterocycles. The van der Waals surface area contributed by atoms with Crippen LogP contribution < -0.4 is 5.32 Å². The maximum Gasteiger partial charge on any atom is 0.202 e. The zero-order valence-corrected chi connectivity index (χ0v) is 9.39. The largest absolute Gasteiger partial charge is 0.358 e. The van der Waals surface area contributed by atoms with Gasteiger partial charge in [-0.1, -0.05) is 26.2 Å². The van der Waals surface area contributed by atoms with E-state index in [4.69, 9.17) is 0 Å². The summed E-state index contributed by atoms with van der Waals surface area (Å²) in [6.07, 6.45) is 8.29. The van der Waals surface area contributed by atoms with Crippen molar-refractivity contribution in [3.8, 4) is 0 Å². The van der Waals surface area contributed by atoms with Crippen LogP contribution in [0.3, 0.4) is 0 Å². The predicted molar refractivity (Wildman–Crippen MR) is 59.6 cm³/mol. The molecule has 1 aliphatic rings. The fourth-order valence-corrected chi connectivity index (χ4v) is 2.71. The molecule has 1 N–H and O–H groups in total. The van der Waals surface area contributed by atoms with Crippen LogP contribution in [0.15, 0.2) is 6.33 Å². The Morgan fingerprint density at radius 3 is 3.21 bits per heavy atom. The van der Waals surface area contributed by atoms with Crippen LogP contribution >= 0.6 is 11.5 Å². The number of anilines is 1. The van der Waals surface area contributed by atoms with Gasteiger partial charge >= 0.3 is 0 Å². The SMILES string of the molecule is CCC1CCCC(Nc2ncns2)C1. The standard InChI is InChI=1S/C10H17N3S/c1-2-8-4-3-5-9(6-8)13-10-11-7-12-14-10/h7-9H,2-6H2,1H3,(H,11,12,13). The Morgan fingerprint density at radius 1 is 1.57 bits per heavy atom. The Bertz CT molecular complexity index is 260. The Kier molecular flexibility index (Phi) is 3.35. The van der Waals surface area contributed by atoms with Crippen LogP contribution in [0.1, 0.15) is 39.0 Å². The van der Waals surface area contributed by atoms with Gasteiger partial charge in [0.05, 0.1) is 0 Å². The van der Waals surface area contributed by atoms with Gasteiger partial charge in [0.1, 0.15) is 6.33 Å². The lowest BCUT2D eigenvalue weighted by Crippen LogP contribution is -2.26. The quantitative estimate of drug-likeness (QED) is 0.835. The lowest BCUT2D eigenvalue weighted by Gasteiger charge is -2.28. The van der Waals surface area contributed by atoms with Crippen molar-refractivity contribution in [3.05, 3.63) is 6.33 Å². The minimum atomic E-state index is 0.627.